The molecule has 26 heavy (non-hydrogen) atoms. The summed E-state index contributed by atoms with van der Waals surface area (Å²) in [5, 5.41) is 3.80. The van der Waals surface area contributed by atoms with Crippen LogP contribution in [0.5, 0.6) is 0 Å². The van der Waals surface area contributed by atoms with Crippen molar-refractivity contribution in [3.05, 3.63) is 101 Å². The minimum atomic E-state index is -0.291. The van der Waals surface area contributed by atoms with Gasteiger partial charge in [0.1, 0.15) is 0 Å². The Hall–Kier alpha value is -2.65. The largest absolute Gasteiger partial charge is 0.349 e. The Balaban J connectivity index is 1.82. The molecule has 0 aliphatic rings. The molecule has 0 aliphatic heterocycles. The first-order valence-corrected chi connectivity index (χ1v) is 9.01. The second kappa shape index (κ2) is 8.63. The predicted octanol–water partition coefficient (Wildman–Crippen LogP) is 4.94. The van der Waals surface area contributed by atoms with Gasteiger partial charge in [0, 0.05) is 17.4 Å². The van der Waals surface area contributed by atoms with Crippen molar-refractivity contribution in [1.29, 1.82) is 0 Å². The zero-order chi connectivity index (χ0) is 18.4. The van der Waals surface area contributed by atoms with E-state index in [-0.39, 0.29) is 17.9 Å². The van der Waals surface area contributed by atoms with Gasteiger partial charge in [0.25, 0.3) is 0 Å². The highest BCUT2D eigenvalue weighted by molar-refractivity contribution is 6.30. The Morgan fingerprint density at radius 1 is 0.962 bits per heavy atom. The number of amides is 1. The van der Waals surface area contributed by atoms with Crippen molar-refractivity contribution >= 4 is 17.5 Å². The SMILES string of the molecule is CC(NC(=O)C(Cc1ccncc1)c1ccc(Cl)cc1)c1ccccc1. The van der Waals surface area contributed by atoms with Gasteiger partial charge in [-0.15, -0.1) is 0 Å². The van der Waals surface area contributed by atoms with Gasteiger partial charge in [0.2, 0.25) is 5.91 Å². The smallest absolute Gasteiger partial charge is 0.228 e. The van der Waals surface area contributed by atoms with Crippen molar-refractivity contribution in [1.82, 2.24) is 10.3 Å². The number of rotatable bonds is 6. The van der Waals surface area contributed by atoms with Crippen LogP contribution in [0.1, 0.15) is 35.6 Å². The molecule has 1 heterocycles. The van der Waals surface area contributed by atoms with E-state index in [1.807, 2.05) is 73.7 Å². The standard InChI is InChI=1S/C22H21ClN2O/c1-16(18-5-3-2-4-6-18)25-22(26)21(15-17-11-13-24-14-12-17)19-7-9-20(23)10-8-19/h2-14,16,21H,15H2,1H3,(H,25,26). The highest BCUT2D eigenvalue weighted by Crippen LogP contribution is 2.24. The minimum Gasteiger partial charge on any atom is -0.349 e. The fourth-order valence-corrected chi connectivity index (χ4v) is 3.08. The molecule has 1 amide bonds. The number of carbonyl (C=O) groups excluding carboxylic acids is 1. The molecule has 1 aromatic heterocycles. The van der Waals surface area contributed by atoms with Crippen molar-refractivity contribution in [3.63, 3.8) is 0 Å². The van der Waals surface area contributed by atoms with Crippen LogP contribution in [0.3, 0.4) is 0 Å². The summed E-state index contributed by atoms with van der Waals surface area (Å²) < 4.78 is 0. The molecule has 0 bridgehead atoms. The second-order valence-electron chi connectivity index (χ2n) is 6.30. The van der Waals surface area contributed by atoms with E-state index < -0.39 is 0 Å². The van der Waals surface area contributed by atoms with Gasteiger partial charge >= 0.3 is 0 Å². The van der Waals surface area contributed by atoms with Crippen molar-refractivity contribution in [2.45, 2.75) is 25.3 Å². The van der Waals surface area contributed by atoms with E-state index >= 15 is 0 Å². The Bertz CT molecular complexity index is 835. The van der Waals surface area contributed by atoms with Gasteiger partial charge in [-0.1, -0.05) is 54.1 Å². The van der Waals surface area contributed by atoms with Crippen LogP contribution in [0.15, 0.2) is 79.1 Å². The fourth-order valence-electron chi connectivity index (χ4n) is 2.95. The zero-order valence-corrected chi connectivity index (χ0v) is 15.4. The first-order valence-electron chi connectivity index (χ1n) is 8.63. The maximum atomic E-state index is 13.1. The number of carbonyl (C=O) groups is 1. The van der Waals surface area contributed by atoms with E-state index in [1.165, 1.54) is 0 Å². The molecule has 3 aromatic rings. The Kier molecular flexibility index (Phi) is 6.03. The number of halogens is 1. The van der Waals surface area contributed by atoms with Crippen LogP contribution in [-0.4, -0.2) is 10.9 Å². The Labute approximate surface area is 159 Å². The summed E-state index contributed by atoms with van der Waals surface area (Å²) in [6, 6.07) is 21.3. The summed E-state index contributed by atoms with van der Waals surface area (Å²) in [6.07, 6.45) is 4.11. The van der Waals surface area contributed by atoms with E-state index in [1.54, 1.807) is 12.4 Å². The summed E-state index contributed by atoms with van der Waals surface area (Å²) in [7, 11) is 0. The first kappa shape index (κ1) is 18.2. The van der Waals surface area contributed by atoms with Crippen LogP contribution >= 0.6 is 11.6 Å². The molecule has 0 radical (unpaired) electrons. The summed E-state index contributed by atoms with van der Waals surface area (Å²) in [5.74, 6) is -0.290. The Morgan fingerprint density at radius 3 is 2.27 bits per heavy atom. The molecule has 1 N–H and O–H groups in total. The minimum absolute atomic E-state index is 0.000452. The lowest BCUT2D eigenvalue weighted by Gasteiger charge is -2.21. The van der Waals surface area contributed by atoms with E-state index in [0.29, 0.717) is 11.4 Å². The van der Waals surface area contributed by atoms with E-state index in [4.69, 9.17) is 11.6 Å². The van der Waals surface area contributed by atoms with Gasteiger partial charge in [0.15, 0.2) is 0 Å². The molecular weight excluding hydrogens is 344 g/mol. The van der Waals surface area contributed by atoms with Gasteiger partial charge < -0.3 is 5.32 Å². The van der Waals surface area contributed by atoms with E-state index in [2.05, 4.69) is 10.3 Å². The number of aromatic nitrogens is 1. The molecule has 132 valence electrons. The zero-order valence-electron chi connectivity index (χ0n) is 14.6. The number of nitrogens with one attached hydrogen (secondary N) is 1. The molecule has 0 aliphatic carbocycles. The number of hydrogen-bond donors (Lipinski definition) is 1. The number of nitrogens with zero attached hydrogens (tertiary/aromatic N) is 1. The molecule has 2 atom stereocenters. The molecule has 3 rings (SSSR count). The van der Waals surface area contributed by atoms with Crippen LogP contribution in [0.4, 0.5) is 0 Å². The number of pyridine rings is 1. The van der Waals surface area contributed by atoms with Crippen LogP contribution in [-0.2, 0) is 11.2 Å². The molecule has 3 nitrogen and oxygen atoms in total. The van der Waals surface area contributed by atoms with Crippen molar-refractivity contribution in [2.75, 3.05) is 0 Å². The molecule has 2 unspecified atom stereocenters. The van der Waals surface area contributed by atoms with Crippen molar-refractivity contribution in [2.24, 2.45) is 0 Å². The molecule has 0 saturated heterocycles. The normalized spacial score (nSPS) is 13.0. The highest BCUT2D eigenvalue weighted by Gasteiger charge is 2.23. The quantitative estimate of drug-likeness (QED) is 0.673. The summed E-state index contributed by atoms with van der Waals surface area (Å²) in [4.78, 5) is 17.1. The van der Waals surface area contributed by atoms with Gasteiger partial charge in [-0.25, -0.2) is 0 Å². The average molecular weight is 365 g/mol. The number of benzene rings is 2. The van der Waals surface area contributed by atoms with Crippen molar-refractivity contribution < 1.29 is 4.79 Å². The highest BCUT2D eigenvalue weighted by atomic mass is 35.5. The molecule has 4 heteroatoms. The third-order valence-corrected chi connectivity index (χ3v) is 4.69. The molecule has 2 aromatic carbocycles. The van der Waals surface area contributed by atoms with Gasteiger partial charge in [-0.3, -0.25) is 9.78 Å². The first-order chi connectivity index (χ1) is 12.6. The summed E-state index contributed by atoms with van der Waals surface area (Å²) >= 11 is 6.01. The van der Waals surface area contributed by atoms with Crippen LogP contribution in [0, 0.1) is 0 Å². The third kappa shape index (κ3) is 4.70. The lowest BCUT2D eigenvalue weighted by Crippen LogP contribution is -2.32. The van der Waals surface area contributed by atoms with Gasteiger partial charge in [0.05, 0.1) is 12.0 Å². The maximum Gasteiger partial charge on any atom is 0.228 e. The lowest BCUT2D eigenvalue weighted by molar-refractivity contribution is -0.123. The van der Waals surface area contributed by atoms with Gasteiger partial charge in [-0.05, 0) is 54.3 Å². The fraction of sp³-hybridized carbons (Fsp3) is 0.182. The average Bonchev–Trinajstić information content (AvgIpc) is 2.68. The molecule has 0 spiro atoms. The van der Waals surface area contributed by atoms with Crippen molar-refractivity contribution in [3.8, 4) is 0 Å². The molecule has 0 saturated carbocycles. The third-order valence-electron chi connectivity index (χ3n) is 4.44. The van der Waals surface area contributed by atoms with E-state index in [0.717, 1.165) is 16.7 Å². The second-order valence-corrected chi connectivity index (χ2v) is 6.74. The maximum absolute atomic E-state index is 13.1. The monoisotopic (exact) mass is 364 g/mol. The van der Waals surface area contributed by atoms with Gasteiger partial charge in [-0.2, -0.15) is 0 Å². The van der Waals surface area contributed by atoms with Crippen LogP contribution in [0.2, 0.25) is 5.02 Å². The van der Waals surface area contributed by atoms with Crippen LogP contribution in [0.25, 0.3) is 0 Å². The summed E-state index contributed by atoms with van der Waals surface area (Å²) in [5.41, 5.74) is 3.10. The predicted molar refractivity (Wildman–Crippen MR) is 105 cm³/mol. The van der Waals surface area contributed by atoms with E-state index in [9.17, 15) is 4.79 Å². The molecule has 0 fully saturated rings. The topological polar surface area (TPSA) is 42.0 Å². The molecular formula is C22H21ClN2O. The summed E-state index contributed by atoms with van der Waals surface area (Å²) in [6.45, 7) is 2.00. The Morgan fingerprint density at radius 2 is 1.62 bits per heavy atom. The lowest BCUT2D eigenvalue weighted by atomic mass is 9.91. The number of hydrogen-bond acceptors (Lipinski definition) is 2. The van der Waals surface area contributed by atoms with Crippen LogP contribution < -0.4 is 5.32 Å².